The van der Waals surface area contributed by atoms with Gasteiger partial charge in [0.15, 0.2) is 0 Å². The number of carbonyl (C=O) groups excluding carboxylic acids is 2. The smallest absolute Gasteiger partial charge is 0.315 e. The predicted molar refractivity (Wildman–Crippen MR) is 78.0 cm³/mol. The molecule has 0 N–H and O–H groups in total. The Morgan fingerprint density at radius 2 is 1.85 bits per heavy atom. The number of aldehydes is 1. The van der Waals surface area contributed by atoms with Crippen molar-refractivity contribution in [3.8, 4) is 5.75 Å². The van der Waals surface area contributed by atoms with Crippen LogP contribution in [0, 0.1) is 17.3 Å². The van der Waals surface area contributed by atoms with Crippen LogP contribution in [0.2, 0.25) is 0 Å². The average molecular weight is 313 g/mol. The van der Waals surface area contributed by atoms with Crippen LogP contribution in [-0.2, 0) is 4.79 Å². The number of halogens is 2. The fourth-order valence-corrected chi connectivity index (χ4v) is 2.64. The Morgan fingerprint density at radius 1 is 1.25 bits per heavy atom. The van der Waals surface area contributed by atoms with Crippen molar-refractivity contribution >= 4 is 35.5 Å². The second-order valence-electron chi connectivity index (χ2n) is 5.39. The van der Waals surface area contributed by atoms with Gasteiger partial charge in [-0.15, -0.1) is 0 Å². The zero-order valence-corrected chi connectivity index (χ0v) is 12.6. The van der Waals surface area contributed by atoms with E-state index in [4.69, 9.17) is 27.9 Å². The summed E-state index contributed by atoms with van der Waals surface area (Å²) in [5.41, 5.74) is 0.320. The molecule has 5 heteroatoms. The number of hydrogen-bond donors (Lipinski definition) is 0. The van der Waals surface area contributed by atoms with Crippen molar-refractivity contribution in [1.82, 2.24) is 0 Å². The predicted octanol–water partition coefficient (Wildman–Crippen LogP) is 4.00. The van der Waals surface area contributed by atoms with Gasteiger partial charge in [-0.2, -0.15) is 0 Å². The van der Waals surface area contributed by atoms with E-state index in [0.717, 1.165) is 6.29 Å². The topological polar surface area (TPSA) is 43.4 Å². The molecule has 0 heterocycles. The number of benzene rings is 1. The molecule has 1 aromatic carbocycles. The molecule has 0 aliphatic heterocycles. The Balaban J connectivity index is 2.05. The average Bonchev–Trinajstić information content (AvgIpc) is 2.91. The van der Waals surface area contributed by atoms with Crippen LogP contribution in [0.25, 0.3) is 0 Å². The molecule has 0 bridgehead atoms. The summed E-state index contributed by atoms with van der Waals surface area (Å²) < 4.78 is 5.48. The molecule has 1 aliphatic carbocycles. The van der Waals surface area contributed by atoms with Gasteiger partial charge in [0.2, 0.25) is 0 Å². The first-order valence-corrected chi connectivity index (χ1v) is 6.91. The molecule has 0 aromatic heterocycles. The lowest BCUT2D eigenvalue weighted by molar-refractivity contribution is -0.136. The van der Waals surface area contributed by atoms with Gasteiger partial charge < -0.3 is 4.74 Å². The fourth-order valence-electron chi connectivity index (χ4n) is 2.37. The number of ether oxygens (including phenoxy) is 1. The van der Waals surface area contributed by atoms with Gasteiger partial charge in [-0.05, 0) is 41.7 Å². The van der Waals surface area contributed by atoms with Crippen molar-refractivity contribution in [3.63, 3.8) is 0 Å². The van der Waals surface area contributed by atoms with Crippen LogP contribution < -0.4 is 4.74 Å². The van der Waals surface area contributed by atoms with Crippen molar-refractivity contribution in [1.29, 1.82) is 0 Å². The first kappa shape index (κ1) is 15.1. The number of carbonyl (C=O) groups is 2. The Labute approximate surface area is 127 Å². The summed E-state index contributed by atoms with van der Waals surface area (Å²) in [6.45, 7) is 3.93. The normalized spacial score (nSPS) is 22.8. The number of allylic oxidation sites excluding steroid dienone is 1. The maximum absolute atomic E-state index is 12.1. The van der Waals surface area contributed by atoms with Gasteiger partial charge in [-0.1, -0.05) is 37.0 Å². The largest absolute Gasteiger partial charge is 0.426 e. The van der Waals surface area contributed by atoms with Crippen LogP contribution in [0.15, 0.2) is 34.8 Å². The van der Waals surface area contributed by atoms with E-state index in [1.807, 2.05) is 13.8 Å². The second kappa shape index (κ2) is 5.58. The molecule has 0 radical (unpaired) electrons. The summed E-state index contributed by atoms with van der Waals surface area (Å²) in [6.07, 6.45) is 2.41. The molecule has 1 saturated carbocycles. The molecular formula is C15H14Cl2O3. The highest BCUT2D eigenvalue weighted by molar-refractivity contribution is 6.55. The molecular weight excluding hydrogens is 299 g/mol. The number of rotatable bonds is 4. The molecule has 1 aromatic rings. The molecule has 1 fully saturated rings. The number of esters is 1. The van der Waals surface area contributed by atoms with Gasteiger partial charge >= 0.3 is 5.97 Å². The SMILES string of the molecule is CC1(C)[C@@H](C=C(Cl)Cl)[C@@H]1C(=O)Oc1ccc(C=O)cc1. The third-order valence-corrected chi connectivity index (χ3v) is 3.96. The second-order valence-corrected chi connectivity index (χ2v) is 6.40. The molecule has 2 atom stereocenters. The maximum Gasteiger partial charge on any atom is 0.315 e. The van der Waals surface area contributed by atoms with Gasteiger partial charge in [-0.25, -0.2) is 0 Å². The summed E-state index contributed by atoms with van der Waals surface area (Å²) >= 11 is 11.3. The number of hydrogen-bond acceptors (Lipinski definition) is 3. The van der Waals surface area contributed by atoms with Gasteiger partial charge in [0.05, 0.1) is 5.92 Å². The van der Waals surface area contributed by atoms with E-state index >= 15 is 0 Å². The standard InChI is InChI=1S/C15H14Cl2O3/c1-15(2)11(7-12(16)17)13(15)14(19)20-10-5-3-9(8-18)4-6-10/h3-8,11,13H,1-2H3/t11-,13+/m0/s1. The minimum Gasteiger partial charge on any atom is -0.426 e. The van der Waals surface area contributed by atoms with Crippen molar-refractivity contribution < 1.29 is 14.3 Å². The van der Waals surface area contributed by atoms with Crippen LogP contribution in [0.1, 0.15) is 24.2 Å². The van der Waals surface area contributed by atoms with Crippen molar-refractivity contribution in [2.45, 2.75) is 13.8 Å². The highest BCUT2D eigenvalue weighted by Crippen LogP contribution is 2.60. The summed E-state index contributed by atoms with van der Waals surface area (Å²) in [5, 5.41) is 0. The van der Waals surface area contributed by atoms with Crippen LogP contribution >= 0.6 is 23.2 Å². The summed E-state index contributed by atoms with van der Waals surface area (Å²) in [4.78, 5) is 22.7. The Kier molecular flexibility index (Phi) is 4.21. The van der Waals surface area contributed by atoms with Gasteiger partial charge in [0.25, 0.3) is 0 Å². The maximum atomic E-state index is 12.1. The lowest BCUT2D eigenvalue weighted by Gasteiger charge is -2.05. The Hall–Kier alpha value is -1.32. The van der Waals surface area contributed by atoms with Crippen molar-refractivity contribution in [2.24, 2.45) is 17.3 Å². The van der Waals surface area contributed by atoms with Crippen molar-refractivity contribution in [3.05, 3.63) is 40.4 Å². The molecule has 106 valence electrons. The van der Waals surface area contributed by atoms with Crippen LogP contribution in [-0.4, -0.2) is 12.3 Å². The third kappa shape index (κ3) is 3.05. The van der Waals surface area contributed by atoms with E-state index in [2.05, 4.69) is 0 Å². The molecule has 20 heavy (non-hydrogen) atoms. The Morgan fingerprint density at radius 3 is 2.35 bits per heavy atom. The van der Waals surface area contributed by atoms with E-state index < -0.39 is 0 Å². The quantitative estimate of drug-likeness (QED) is 0.479. The van der Waals surface area contributed by atoms with E-state index in [1.165, 1.54) is 0 Å². The van der Waals surface area contributed by atoms with E-state index in [-0.39, 0.29) is 27.7 Å². The fraction of sp³-hybridized carbons (Fsp3) is 0.333. The van der Waals surface area contributed by atoms with Crippen LogP contribution in [0.4, 0.5) is 0 Å². The molecule has 0 spiro atoms. The first-order valence-electron chi connectivity index (χ1n) is 6.16. The zero-order chi connectivity index (χ0) is 14.9. The minimum atomic E-state index is -0.315. The zero-order valence-electron chi connectivity index (χ0n) is 11.1. The lowest BCUT2D eigenvalue weighted by atomic mass is 10.1. The van der Waals surface area contributed by atoms with Gasteiger partial charge in [0.1, 0.15) is 16.5 Å². The first-order chi connectivity index (χ1) is 9.36. The third-order valence-electron chi connectivity index (χ3n) is 3.70. The minimum absolute atomic E-state index is 0.0192. The van der Waals surface area contributed by atoms with Gasteiger partial charge in [-0.3, -0.25) is 9.59 Å². The molecule has 0 saturated heterocycles. The van der Waals surface area contributed by atoms with Crippen LogP contribution in [0.3, 0.4) is 0 Å². The molecule has 3 nitrogen and oxygen atoms in total. The van der Waals surface area contributed by atoms with Crippen molar-refractivity contribution in [2.75, 3.05) is 0 Å². The highest BCUT2D eigenvalue weighted by atomic mass is 35.5. The summed E-state index contributed by atoms with van der Waals surface area (Å²) in [6, 6.07) is 6.38. The monoisotopic (exact) mass is 312 g/mol. The molecule has 0 amide bonds. The lowest BCUT2D eigenvalue weighted by Crippen LogP contribution is -2.13. The van der Waals surface area contributed by atoms with E-state index in [0.29, 0.717) is 11.3 Å². The molecule has 2 rings (SSSR count). The van der Waals surface area contributed by atoms with E-state index in [1.54, 1.807) is 30.3 Å². The van der Waals surface area contributed by atoms with Crippen LogP contribution in [0.5, 0.6) is 5.75 Å². The summed E-state index contributed by atoms with van der Waals surface area (Å²) in [7, 11) is 0. The Bertz CT molecular complexity index is 557. The molecule has 1 aliphatic rings. The highest BCUT2D eigenvalue weighted by Gasteiger charge is 2.61. The molecule has 0 unspecified atom stereocenters. The summed E-state index contributed by atoms with van der Waals surface area (Å²) in [5.74, 6) is -0.178. The van der Waals surface area contributed by atoms with E-state index in [9.17, 15) is 9.59 Å². The van der Waals surface area contributed by atoms with Gasteiger partial charge in [0, 0.05) is 5.56 Å².